The molecular formula is C20H15F3N2O. The van der Waals surface area contributed by atoms with Gasteiger partial charge in [0.2, 0.25) is 0 Å². The van der Waals surface area contributed by atoms with Crippen LogP contribution in [-0.4, -0.2) is 24.7 Å². The maximum Gasteiger partial charge on any atom is 0.416 e. The average molecular weight is 356 g/mol. The smallest absolute Gasteiger partial charge is 0.325 e. The third kappa shape index (κ3) is 2.81. The van der Waals surface area contributed by atoms with Gasteiger partial charge in [-0.25, -0.2) is 0 Å². The molecule has 132 valence electrons. The quantitative estimate of drug-likeness (QED) is 0.737. The van der Waals surface area contributed by atoms with Crippen molar-refractivity contribution in [2.75, 3.05) is 18.0 Å². The summed E-state index contributed by atoms with van der Waals surface area (Å²) in [5.74, 6) is 0.302. The number of Topliss-reactive ketones (excluding diaryl/α,β-unsaturated/α-hetero) is 1. The van der Waals surface area contributed by atoms with Crippen LogP contribution < -0.4 is 4.90 Å². The summed E-state index contributed by atoms with van der Waals surface area (Å²) in [6.45, 7) is 1.22. The number of carbonyl (C=O) groups excluding carboxylic acids is 1. The van der Waals surface area contributed by atoms with E-state index in [0.717, 1.165) is 18.6 Å². The fourth-order valence-electron chi connectivity index (χ4n) is 3.29. The van der Waals surface area contributed by atoms with E-state index in [-0.39, 0.29) is 5.78 Å². The summed E-state index contributed by atoms with van der Waals surface area (Å²) in [5, 5.41) is 0. The van der Waals surface area contributed by atoms with Gasteiger partial charge in [0.25, 0.3) is 0 Å². The van der Waals surface area contributed by atoms with Crippen LogP contribution in [-0.2, 0) is 6.18 Å². The van der Waals surface area contributed by atoms with Gasteiger partial charge in [0.1, 0.15) is 5.84 Å². The van der Waals surface area contributed by atoms with Crippen molar-refractivity contribution in [1.82, 2.24) is 0 Å². The predicted molar refractivity (Wildman–Crippen MR) is 94.5 cm³/mol. The third-order valence-corrected chi connectivity index (χ3v) is 4.52. The Hall–Kier alpha value is -2.89. The molecule has 2 aliphatic heterocycles. The number of benzene rings is 2. The summed E-state index contributed by atoms with van der Waals surface area (Å²) in [6.07, 6.45) is -2.11. The first-order valence-electron chi connectivity index (χ1n) is 8.30. The SMILES string of the molecule is O=C(C1=Cc2cc(C(F)(F)F)ccc2N2CCCN=C12)c1ccccc1. The van der Waals surface area contributed by atoms with E-state index < -0.39 is 11.7 Å². The molecule has 0 saturated heterocycles. The molecule has 0 spiro atoms. The van der Waals surface area contributed by atoms with E-state index in [4.69, 9.17) is 0 Å². The zero-order valence-corrected chi connectivity index (χ0v) is 13.8. The maximum absolute atomic E-state index is 13.1. The number of fused-ring (bicyclic) bond motifs is 3. The fraction of sp³-hybridized carbons (Fsp3) is 0.200. The Morgan fingerprint density at radius 1 is 1.08 bits per heavy atom. The normalized spacial score (nSPS) is 16.3. The van der Waals surface area contributed by atoms with Gasteiger partial charge in [-0.15, -0.1) is 0 Å². The molecular weight excluding hydrogens is 341 g/mol. The molecule has 26 heavy (non-hydrogen) atoms. The summed E-state index contributed by atoms with van der Waals surface area (Å²) in [4.78, 5) is 19.3. The first-order valence-corrected chi connectivity index (χ1v) is 8.30. The lowest BCUT2D eigenvalue weighted by molar-refractivity contribution is -0.137. The van der Waals surface area contributed by atoms with Gasteiger partial charge in [-0.05, 0) is 36.3 Å². The van der Waals surface area contributed by atoms with Crippen LogP contribution in [0.1, 0.15) is 27.9 Å². The Balaban J connectivity index is 1.86. The molecule has 0 N–H and O–H groups in total. The highest BCUT2D eigenvalue weighted by Gasteiger charge is 2.34. The third-order valence-electron chi connectivity index (χ3n) is 4.52. The van der Waals surface area contributed by atoms with Gasteiger partial charge in [-0.1, -0.05) is 30.3 Å². The molecule has 2 heterocycles. The Morgan fingerprint density at radius 2 is 1.85 bits per heavy atom. The summed E-state index contributed by atoms with van der Waals surface area (Å²) in [7, 11) is 0. The molecule has 0 unspecified atom stereocenters. The highest BCUT2D eigenvalue weighted by Crippen LogP contribution is 2.37. The second-order valence-corrected chi connectivity index (χ2v) is 6.24. The van der Waals surface area contributed by atoms with Gasteiger partial charge in [0.15, 0.2) is 5.78 Å². The van der Waals surface area contributed by atoms with E-state index in [9.17, 15) is 18.0 Å². The predicted octanol–water partition coefficient (Wildman–Crippen LogP) is 4.59. The van der Waals surface area contributed by atoms with Gasteiger partial charge in [0.05, 0.1) is 11.1 Å². The van der Waals surface area contributed by atoms with Crippen LogP contribution in [0.2, 0.25) is 0 Å². The lowest BCUT2D eigenvalue weighted by atomic mass is 9.93. The lowest BCUT2D eigenvalue weighted by Crippen LogP contribution is -2.41. The van der Waals surface area contributed by atoms with Crippen molar-refractivity contribution < 1.29 is 18.0 Å². The summed E-state index contributed by atoms with van der Waals surface area (Å²) in [6, 6.07) is 12.3. The Bertz CT molecular complexity index is 930. The number of amidine groups is 1. The van der Waals surface area contributed by atoms with Crippen molar-refractivity contribution in [2.24, 2.45) is 4.99 Å². The molecule has 3 nitrogen and oxygen atoms in total. The number of rotatable bonds is 2. The number of aliphatic imine (C=N–C) groups is 1. The van der Waals surface area contributed by atoms with Crippen molar-refractivity contribution in [3.8, 4) is 0 Å². The molecule has 0 aliphatic carbocycles. The minimum atomic E-state index is -4.43. The second-order valence-electron chi connectivity index (χ2n) is 6.24. The monoisotopic (exact) mass is 356 g/mol. The number of carbonyl (C=O) groups is 1. The van der Waals surface area contributed by atoms with E-state index in [1.165, 1.54) is 12.1 Å². The van der Waals surface area contributed by atoms with Gasteiger partial charge >= 0.3 is 6.18 Å². The van der Waals surface area contributed by atoms with Crippen LogP contribution in [0.5, 0.6) is 0 Å². The molecule has 6 heteroatoms. The summed E-state index contributed by atoms with van der Waals surface area (Å²) >= 11 is 0. The molecule has 0 saturated carbocycles. The van der Waals surface area contributed by atoms with Crippen molar-refractivity contribution in [1.29, 1.82) is 0 Å². The topological polar surface area (TPSA) is 32.7 Å². The molecule has 0 radical (unpaired) electrons. The maximum atomic E-state index is 13.1. The van der Waals surface area contributed by atoms with Crippen molar-refractivity contribution in [3.63, 3.8) is 0 Å². The first-order chi connectivity index (χ1) is 12.4. The zero-order valence-electron chi connectivity index (χ0n) is 13.8. The molecule has 4 rings (SSSR count). The summed E-state index contributed by atoms with van der Waals surface area (Å²) in [5.41, 5.74) is 1.14. The molecule has 0 amide bonds. The van der Waals surface area contributed by atoms with Gasteiger partial charge in [-0.3, -0.25) is 9.79 Å². The van der Waals surface area contributed by atoms with Crippen LogP contribution >= 0.6 is 0 Å². The van der Waals surface area contributed by atoms with Crippen LogP contribution in [0.15, 0.2) is 59.1 Å². The number of nitrogens with zero attached hydrogens (tertiary/aromatic N) is 2. The van der Waals surface area contributed by atoms with E-state index in [1.807, 2.05) is 4.90 Å². The first kappa shape index (κ1) is 16.6. The van der Waals surface area contributed by atoms with E-state index in [2.05, 4.69) is 4.99 Å². The Morgan fingerprint density at radius 3 is 2.58 bits per heavy atom. The standard InChI is InChI=1S/C20H15F3N2O/c21-20(22,23)15-7-8-17-14(11-15)12-16(19-24-9-4-10-25(17)19)18(26)13-5-2-1-3-6-13/h1-3,5-8,11-12H,4,9-10H2. The van der Waals surface area contributed by atoms with Gasteiger partial charge < -0.3 is 4.90 Å². The van der Waals surface area contributed by atoms with Gasteiger partial charge in [0, 0.05) is 24.3 Å². The zero-order chi connectivity index (χ0) is 18.3. The molecule has 2 aliphatic rings. The van der Waals surface area contributed by atoms with Crippen molar-refractivity contribution in [2.45, 2.75) is 12.6 Å². The van der Waals surface area contributed by atoms with Crippen molar-refractivity contribution >= 4 is 23.4 Å². The number of hydrogen-bond acceptors (Lipinski definition) is 3. The molecule has 0 aromatic heterocycles. The Kier molecular flexibility index (Phi) is 3.90. The fourth-order valence-corrected chi connectivity index (χ4v) is 3.29. The average Bonchev–Trinajstić information content (AvgIpc) is 2.66. The number of alkyl halides is 3. The van der Waals surface area contributed by atoms with E-state index in [1.54, 1.807) is 30.3 Å². The largest absolute Gasteiger partial charge is 0.416 e. The minimum Gasteiger partial charge on any atom is -0.325 e. The van der Waals surface area contributed by atoms with E-state index >= 15 is 0 Å². The minimum absolute atomic E-state index is 0.237. The molecule has 2 aromatic carbocycles. The number of anilines is 1. The van der Waals surface area contributed by atoms with E-state index in [0.29, 0.717) is 41.3 Å². The molecule has 0 bridgehead atoms. The molecule has 0 fully saturated rings. The molecule has 2 aromatic rings. The van der Waals surface area contributed by atoms with Crippen LogP contribution in [0.25, 0.3) is 6.08 Å². The van der Waals surface area contributed by atoms with Crippen molar-refractivity contribution in [3.05, 3.63) is 70.8 Å². The highest BCUT2D eigenvalue weighted by atomic mass is 19.4. The van der Waals surface area contributed by atoms with Gasteiger partial charge in [-0.2, -0.15) is 13.2 Å². The van der Waals surface area contributed by atoms with Crippen LogP contribution in [0, 0.1) is 0 Å². The number of hydrogen-bond donors (Lipinski definition) is 0. The highest BCUT2D eigenvalue weighted by molar-refractivity contribution is 6.35. The van der Waals surface area contributed by atoms with Crippen LogP contribution in [0.4, 0.5) is 18.9 Å². The Labute approximate surface area is 148 Å². The second kappa shape index (κ2) is 6.12. The lowest BCUT2D eigenvalue weighted by Gasteiger charge is -2.35. The summed E-state index contributed by atoms with van der Waals surface area (Å²) < 4.78 is 39.3. The molecule has 0 atom stereocenters. The number of halogens is 3. The van der Waals surface area contributed by atoms with Crippen LogP contribution in [0.3, 0.4) is 0 Å². The number of ketones is 1.